The Morgan fingerprint density at radius 1 is 1.06 bits per heavy atom. The van der Waals surface area contributed by atoms with Crippen LogP contribution in [-0.2, 0) is 17.1 Å². The SMILES string of the molecule is Cn1nccc1NC(=O)Nc1cc(S(=O)(=O)NCC(F)(F)F)ccc1-c1ccccc1. The van der Waals surface area contributed by atoms with Gasteiger partial charge in [-0.25, -0.2) is 17.9 Å². The maximum atomic E-state index is 12.5. The van der Waals surface area contributed by atoms with Crippen LogP contribution in [0.15, 0.2) is 65.7 Å². The number of sulfonamides is 1. The van der Waals surface area contributed by atoms with Crippen molar-refractivity contribution < 1.29 is 26.4 Å². The fourth-order valence-electron chi connectivity index (χ4n) is 2.69. The molecule has 0 aliphatic carbocycles. The first kappa shape index (κ1) is 22.3. The number of hydrogen-bond donors (Lipinski definition) is 3. The Morgan fingerprint density at radius 3 is 2.39 bits per heavy atom. The zero-order valence-corrected chi connectivity index (χ0v) is 17.0. The van der Waals surface area contributed by atoms with Crippen molar-refractivity contribution in [2.75, 3.05) is 17.2 Å². The monoisotopic (exact) mass is 453 g/mol. The molecule has 3 rings (SSSR count). The van der Waals surface area contributed by atoms with Crippen LogP contribution in [0.4, 0.5) is 29.5 Å². The van der Waals surface area contributed by atoms with Crippen molar-refractivity contribution in [3.8, 4) is 11.1 Å². The van der Waals surface area contributed by atoms with E-state index in [-0.39, 0.29) is 5.69 Å². The van der Waals surface area contributed by atoms with Crippen LogP contribution in [0.25, 0.3) is 11.1 Å². The fraction of sp³-hybridized carbons (Fsp3) is 0.158. The normalized spacial score (nSPS) is 11.9. The lowest BCUT2D eigenvalue weighted by molar-refractivity contribution is -0.121. The molecule has 12 heteroatoms. The fourth-order valence-corrected chi connectivity index (χ4v) is 3.73. The predicted octanol–water partition coefficient (Wildman–Crippen LogP) is 3.57. The Kier molecular flexibility index (Phi) is 6.32. The van der Waals surface area contributed by atoms with E-state index in [0.717, 1.165) is 6.07 Å². The van der Waals surface area contributed by atoms with Crippen molar-refractivity contribution in [3.63, 3.8) is 0 Å². The number of aryl methyl sites for hydroxylation is 1. The quantitative estimate of drug-likeness (QED) is 0.531. The minimum Gasteiger partial charge on any atom is -0.307 e. The Bertz CT molecular complexity index is 1180. The Morgan fingerprint density at radius 2 is 1.77 bits per heavy atom. The van der Waals surface area contributed by atoms with E-state index in [1.807, 2.05) is 0 Å². The second-order valence-electron chi connectivity index (χ2n) is 6.43. The van der Waals surface area contributed by atoms with Crippen LogP contribution in [0.5, 0.6) is 0 Å². The highest BCUT2D eigenvalue weighted by Crippen LogP contribution is 2.30. The Hall–Kier alpha value is -3.38. The average Bonchev–Trinajstić information content (AvgIpc) is 3.11. The molecule has 1 aromatic heterocycles. The molecular weight excluding hydrogens is 435 g/mol. The molecule has 0 aliphatic heterocycles. The predicted molar refractivity (Wildman–Crippen MR) is 109 cm³/mol. The molecule has 0 spiro atoms. The molecule has 0 fully saturated rings. The highest BCUT2D eigenvalue weighted by molar-refractivity contribution is 7.89. The van der Waals surface area contributed by atoms with Gasteiger partial charge in [-0.2, -0.15) is 18.3 Å². The molecule has 0 radical (unpaired) electrons. The molecule has 3 aromatic rings. The highest BCUT2D eigenvalue weighted by atomic mass is 32.2. The number of anilines is 2. The van der Waals surface area contributed by atoms with Gasteiger partial charge < -0.3 is 5.32 Å². The Balaban J connectivity index is 1.94. The molecule has 0 saturated carbocycles. The average molecular weight is 453 g/mol. The van der Waals surface area contributed by atoms with Gasteiger partial charge in [0.05, 0.1) is 16.8 Å². The zero-order valence-electron chi connectivity index (χ0n) is 16.1. The van der Waals surface area contributed by atoms with Gasteiger partial charge in [0.1, 0.15) is 12.4 Å². The molecule has 0 saturated heterocycles. The summed E-state index contributed by atoms with van der Waals surface area (Å²) in [6.45, 7) is -1.71. The summed E-state index contributed by atoms with van der Waals surface area (Å²) in [6, 6.07) is 13.3. The first-order valence-electron chi connectivity index (χ1n) is 8.87. The number of rotatable bonds is 6. The number of urea groups is 1. The summed E-state index contributed by atoms with van der Waals surface area (Å²) in [7, 11) is -2.85. The molecule has 164 valence electrons. The van der Waals surface area contributed by atoms with Crippen molar-refractivity contribution in [1.82, 2.24) is 14.5 Å². The third-order valence-corrected chi connectivity index (χ3v) is 5.56. The second-order valence-corrected chi connectivity index (χ2v) is 8.20. The van der Waals surface area contributed by atoms with Crippen LogP contribution in [-0.4, -0.2) is 37.0 Å². The summed E-state index contributed by atoms with van der Waals surface area (Å²) in [6.07, 6.45) is -3.23. The lowest BCUT2D eigenvalue weighted by Gasteiger charge is -2.15. The topological polar surface area (TPSA) is 105 Å². The zero-order chi connectivity index (χ0) is 22.6. The van der Waals surface area contributed by atoms with Crippen LogP contribution in [0.1, 0.15) is 0 Å². The van der Waals surface area contributed by atoms with Gasteiger partial charge in [-0.05, 0) is 17.7 Å². The standard InChI is InChI=1S/C19H18F3N5O3S/c1-27-17(9-10-23-27)26-18(28)25-16-11-14(31(29,30)24-12-19(20,21)22)7-8-15(16)13-5-3-2-4-6-13/h2-11,24H,12H2,1H3,(H2,25,26,28). The number of carbonyl (C=O) groups excluding carboxylic acids is 1. The molecule has 2 amide bonds. The number of carbonyl (C=O) groups is 1. The van der Waals surface area contributed by atoms with Gasteiger partial charge >= 0.3 is 12.2 Å². The van der Waals surface area contributed by atoms with E-state index in [1.54, 1.807) is 43.4 Å². The molecule has 8 nitrogen and oxygen atoms in total. The Labute approximate surface area is 176 Å². The van der Waals surface area contributed by atoms with Crippen molar-refractivity contribution >= 4 is 27.6 Å². The lowest BCUT2D eigenvalue weighted by atomic mass is 10.0. The maximum absolute atomic E-state index is 12.5. The molecule has 3 N–H and O–H groups in total. The van der Waals surface area contributed by atoms with E-state index in [9.17, 15) is 26.4 Å². The van der Waals surface area contributed by atoms with Gasteiger partial charge in [-0.1, -0.05) is 36.4 Å². The van der Waals surface area contributed by atoms with Crippen molar-refractivity contribution in [1.29, 1.82) is 0 Å². The molecule has 0 aliphatic rings. The summed E-state index contributed by atoms with van der Waals surface area (Å²) in [5, 5.41) is 9.03. The minimum absolute atomic E-state index is 0.0979. The number of hydrogen-bond acceptors (Lipinski definition) is 4. The van der Waals surface area contributed by atoms with E-state index in [0.29, 0.717) is 16.9 Å². The minimum atomic E-state index is -4.71. The van der Waals surface area contributed by atoms with Crippen LogP contribution in [0, 0.1) is 0 Å². The summed E-state index contributed by atoms with van der Waals surface area (Å²) >= 11 is 0. The number of nitrogens with zero attached hydrogens (tertiary/aromatic N) is 2. The highest BCUT2D eigenvalue weighted by Gasteiger charge is 2.30. The molecule has 31 heavy (non-hydrogen) atoms. The van der Waals surface area contributed by atoms with E-state index in [1.165, 1.54) is 27.7 Å². The smallest absolute Gasteiger partial charge is 0.307 e. The van der Waals surface area contributed by atoms with Gasteiger partial charge in [0.2, 0.25) is 10.0 Å². The van der Waals surface area contributed by atoms with Gasteiger partial charge in [0, 0.05) is 18.7 Å². The summed E-state index contributed by atoms with van der Waals surface area (Å²) in [5.41, 5.74) is 1.25. The number of nitrogens with one attached hydrogen (secondary N) is 3. The second kappa shape index (κ2) is 8.78. The third kappa shape index (κ3) is 5.83. The van der Waals surface area contributed by atoms with E-state index in [4.69, 9.17) is 0 Å². The first-order valence-corrected chi connectivity index (χ1v) is 10.4. The number of halogens is 3. The summed E-state index contributed by atoms with van der Waals surface area (Å²) in [4.78, 5) is 12.0. The van der Waals surface area contributed by atoms with Gasteiger partial charge in [0.15, 0.2) is 0 Å². The third-order valence-electron chi connectivity index (χ3n) is 4.16. The molecular formula is C19H18F3N5O3S. The van der Waals surface area contributed by atoms with Gasteiger partial charge in [0.25, 0.3) is 0 Å². The first-order chi connectivity index (χ1) is 14.5. The summed E-state index contributed by atoms with van der Waals surface area (Å²) < 4.78 is 64.9. The number of amides is 2. The van der Waals surface area contributed by atoms with Gasteiger partial charge in [-0.3, -0.25) is 10.00 Å². The van der Waals surface area contributed by atoms with Crippen molar-refractivity contribution in [3.05, 3.63) is 60.8 Å². The number of benzene rings is 2. The van der Waals surface area contributed by atoms with Crippen molar-refractivity contribution in [2.24, 2.45) is 7.05 Å². The molecule has 2 aromatic carbocycles. The maximum Gasteiger partial charge on any atom is 0.402 e. The van der Waals surface area contributed by atoms with Crippen LogP contribution in [0.2, 0.25) is 0 Å². The lowest BCUT2D eigenvalue weighted by Crippen LogP contribution is -2.33. The molecule has 1 heterocycles. The summed E-state index contributed by atoms with van der Waals surface area (Å²) in [5.74, 6) is 0.384. The van der Waals surface area contributed by atoms with Crippen LogP contribution in [0.3, 0.4) is 0 Å². The molecule has 0 bridgehead atoms. The van der Waals surface area contributed by atoms with Crippen LogP contribution >= 0.6 is 0 Å². The van der Waals surface area contributed by atoms with Gasteiger partial charge in [-0.15, -0.1) is 0 Å². The van der Waals surface area contributed by atoms with E-state index in [2.05, 4.69) is 15.7 Å². The van der Waals surface area contributed by atoms with E-state index >= 15 is 0 Å². The molecule has 0 atom stereocenters. The number of alkyl halides is 3. The largest absolute Gasteiger partial charge is 0.402 e. The molecule has 0 unspecified atom stereocenters. The van der Waals surface area contributed by atoms with Crippen LogP contribution < -0.4 is 15.4 Å². The van der Waals surface area contributed by atoms with Crippen molar-refractivity contribution in [2.45, 2.75) is 11.1 Å². The number of aromatic nitrogens is 2. The van der Waals surface area contributed by atoms with E-state index < -0.39 is 33.7 Å².